The standard InChI is InChI=1S/C32H43Cl2N7O3/c1-5-32(4)20-38(18-24-19-43-14-15-44-24)12-13-40(32)31-28(29-25-17-35-36-26(25)16-21(2)30(29)34)22(3)41(37-31)23-7-10-39(11-8-23)27(42)6-9-33/h6,9,16-17,23-24H,5,7-8,10-15,18-20H2,1-4H3,(H,35,36)/b9-6+/t24-,32+/m1/s1. The molecule has 1 amide bonds. The maximum Gasteiger partial charge on any atom is 0.247 e. The fourth-order valence-electron chi connectivity index (χ4n) is 7.18. The van der Waals surface area contributed by atoms with Crippen LogP contribution in [0.3, 0.4) is 0 Å². The highest BCUT2D eigenvalue weighted by molar-refractivity contribution is 6.36. The summed E-state index contributed by atoms with van der Waals surface area (Å²) in [5.74, 6) is 0.912. The van der Waals surface area contributed by atoms with Crippen LogP contribution < -0.4 is 4.90 Å². The lowest BCUT2D eigenvalue weighted by atomic mass is 9.91. The zero-order chi connectivity index (χ0) is 31.0. The minimum absolute atomic E-state index is 0.0484. The average molecular weight is 645 g/mol. The molecular weight excluding hydrogens is 601 g/mol. The van der Waals surface area contributed by atoms with E-state index in [0.29, 0.717) is 32.9 Å². The summed E-state index contributed by atoms with van der Waals surface area (Å²) < 4.78 is 13.9. The summed E-state index contributed by atoms with van der Waals surface area (Å²) >= 11 is 12.9. The van der Waals surface area contributed by atoms with Crippen molar-refractivity contribution in [1.29, 1.82) is 0 Å². The van der Waals surface area contributed by atoms with E-state index in [1.54, 1.807) is 0 Å². The fraction of sp³-hybridized carbons (Fsp3) is 0.594. The van der Waals surface area contributed by atoms with Crippen molar-refractivity contribution in [2.45, 2.75) is 64.6 Å². The zero-order valence-corrected chi connectivity index (χ0v) is 27.6. The number of fused-ring (bicyclic) bond motifs is 1. The van der Waals surface area contributed by atoms with Crippen molar-refractivity contribution in [3.8, 4) is 11.1 Å². The van der Waals surface area contributed by atoms with Gasteiger partial charge in [-0.15, -0.1) is 0 Å². The SMILES string of the molecule is CC[C@@]1(C)CN(C[C@@H]2COCCO2)CCN1c1nn(C2CCN(C(=O)/C=C/Cl)CC2)c(C)c1-c1c(Cl)c(C)cc2[nH]ncc12. The van der Waals surface area contributed by atoms with Crippen LogP contribution in [0.1, 0.15) is 50.4 Å². The number of H-pyrrole nitrogens is 1. The molecule has 0 unspecified atom stereocenters. The molecule has 3 aliphatic heterocycles. The van der Waals surface area contributed by atoms with E-state index in [9.17, 15) is 4.79 Å². The molecule has 2 atom stereocenters. The number of nitrogens with zero attached hydrogens (tertiary/aromatic N) is 6. The number of rotatable bonds is 7. The number of hydrogen-bond acceptors (Lipinski definition) is 7. The third kappa shape index (κ3) is 5.87. The third-order valence-electron chi connectivity index (χ3n) is 9.79. The predicted octanol–water partition coefficient (Wildman–Crippen LogP) is 5.32. The van der Waals surface area contributed by atoms with Gasteiger partial charge in [-0.25, -0.2) is 0 Å². The first kappa shape index (κ1) is 31.4. The number of amides is 1. The highest BCUT2D eigenvalue weighted by Crippen LogP contribution is 2.46. The Kier molecular flexibility index (Phi) is 9.27. The predicted molar refractivity (Wildman–Crippen MR) is 175 cm³/mol. The molecular formula is C32H43Cl2N7O3. The van der Waals surface area contributed by atoms with Crippen molar-refractivity contribution in [3.63, 3.8) is 0 Å². The van der Waals surface area contributed by atoms with Crippen molar-refractivity contribution < 1.29 is 14.3 Å². The van der Waals surface area contributed by atoms with Gasteiger partial charge in [0, 0.05) is 73.1 Å². The van der Waals surface area contributed by atoms with E-state index in [0.717, 1.165) is 89.6 Å². The van der Waals surface area contributed by atoms with Crippen LogP contribution in [0.25, 0.3) is 22.0 Å². The van der Waals surface area contributed by atoms with E-state index in [4.69, 9.17) is 37.8 Å². The molecule has 44 heavy (non-hydrogen) atoms. The van der Waals surface area contributed by atoms with Crippen molar-refractivity contribution in [2.75, 3.05) is 64.0 Å². The molecule has 10 nitrogen and oxygen atoms in total. The van der Waals surface area contributed by atoms with Gasteiger partial charge in [0.15, 0.2) is 5.82 Å². The van der Waals surface area contributed by atoms with Crippen molar-refractivity contribution >= 4 is 45.8 Å². The minimum Gasteiger partial charge on any atom is -0.376 e. The molecule has 6 rings (SSSR count). The second-order valence-electron chi connectivity index (χ2n) is 12.6. The zero-order valence-electron chi connectivity index (χ0n) is 26.1. The normalized spacial score (nSPS) is 24.2. The van der Waals surface area contributed by atoms with Crippen LogP contribution >= 0.6 is 23.2 Å². The van der Waals surface area contributed by atoms with Gasteiger partial charge in [-0.1, -0.05) is 30.1 Å². The Balaban J connectivity index is 1.39. The summed E-state index contributed by atoms with van der Waals surface area (Å²) in [5.41, 5.74) is 6.18. The van der Waals surface area contributed by atoms with Gasteiger partial charge in [-0.05, 0) is 51.7 Å². The minimum atomic E-state index is -0.163. The summed E-state index contributed by atoms with van der Waals surface area (Å²) in [5, 5.41) is 14.7. The van der Waals surface area contributed by atoms with Gasteiger partial charge in [-0.2, -0.15) is 10.2 Å². The number of piperidine rings is 1. The van der Waals surface area contributed by atoms with Gasteiger partial charge in [-0.3, -0.25) is 19.5 Å². The Bertz CT molecular complexity index is 1520. The Morgan fingerprint density at radius 1 is 1.18 bits per heavy atom. The van der Waals surface area contributed by atoms with Gasteiger partial charge >= 0.3 is 0 Å². The highest BCUT2D eigenvalue weighted by Gasteiger charge is 2.41. The Morgan fingerprint density at radius 3 is 2.68 bits per heavy atom. The molecule has 3 fully saturated rings. The molecule has 1 aromatic carbocycles. The lowest BCUT2D eigenvalue weighted by Gasteiger charge is -2.50. The lowest BCUT2D eigenvalue weighted by Crippen LogP contribution is -2.62. The molecule has 12 heteroatoms. The van der Waals surface area contributed by atoms with Crippen LogP contribution in [0.15, 0.2) is 23.9 Å². The molecule has 0 spiro atoms. The number of aromatic nitrogens is 4. The maximum absolute atomic E-state index is 12.5. The largest absolute Gasteiger partial charge is 0.376 e. The summed E-state index contributed by atoms with van der Waals surface area (Å²) in [6, 6.07) is 2.22. The number of aryl methyl sites for hydroxylation is 1. The number of piperazine rings is 1. The van der Waals surface area contributed by atoms with Crippen LogP contribution in [0.2, 0.25) is 5.02 Å². The van der Waals surface area contributed by atoms with Gasteiger partial charge < -0.3 is 19.3 Å². The first-order valence-corrected chi connectivity index (χ1v) is 16.5. The van der Waals surface area contributed by atoms with E-state index in [1.165, 1.54) is 11.6 Å². The summed E-state index contributed by atoms with van der Waals surface area (Å²) in [7, 11) is 0. The van der Waals surface area contributed by atoms with Crippen LogP contribution in [0.5, 0.6) is 0 Å². The number of nitrogens with one attached hydrogen (secondary N) is 1. The van der Waals surface area contributed by atoms with E-state index < -0.39 is 0 Å². The molecule has 2 aromatic heterocycles. The molecule has 5 heterocycles. The van der Waals surface area contributed by atoms with E-state index in [2.05, 4.69) is 51.5 Å². The van der Waals surface area contributed by atoms with Crippen molar-refractivity contribution in [3.05, 3.63) is 40.2 Å². The smallest absolute Gasteiger partial charge is 0.247 e. The average Bonchev–Trinajstić information content (AvgIpc) is 3.62. The van der Waals surface area contributed by atoms with Crippen LogP contribution in [-0.2, 0) is 14.3 Å². The van der Waals surface area contributed by atoms with E-state index in [-0.39, 0.29) is 23.6 Å². The quantitative estimate of drug-likeness (QED) is 0.349. The van der Waals surface area contributed by atoms with Gasteiger partial charge in [0.1, 0.15) is 0 Å². The molecule has 3 aromatic rings. The Morgan fingerprint density at radius 2 is 1.98 bits per heavy atom. The number of benzene rings is 1. The number of ether oxygens (including phenoxy) is 2. The molecule has 3 aliphatic rings. The number of anilines is 1. The molecule has 0 saturated carbocycles. The monoisotopic (exact) mass is 643 g/mol. The molecule has 3 saturated heterocycles. The number of likely N-dealkylation sites (tertiary alicyclic amines) is 1. The van der Waals surface area contributed by atoms with Gasteiger partial charge in [0.2, 0.25) is 5.91 Å². The second-order valence-corrected chi connectivity index (χ2v) is 13.2. The summed E-state index contributed by atoms with van der Waals surface area (Å²) in [4.78, 5) is 19.3. The molecule has 0 bridgehead atoms. The third-order valence-corrected chi connectivity index (χ3v) is 10.4. The number of hydrogen-bond donors (Lipinski definition) is 1. The lowest BCUT2D eigenvalue weighted by molar-refractivity contribution is -0.127. The Labute approximate surface area is 269 Å². The van der Waals surface area contributed by atoms with E-state index >= 15 is 0 Å². The summed E-state index contributed by atoms with van der Waals surface area (Å²) in [6.07, 6.45) is 5.97. The fourth-order valence-corrected chi connectivity index (χ4v) is 7.54. The first-order chi connectivity index (χ1) is 21.2. The molecule has 1 N–H and O–H groups in total. The van der Waals surface area contributed by atoms with Crippen molar-refractivity contribution in [2.24, 2.45) is 0 Å². The van der Waals surface area contributed by atoms with Crippen LogP contribution in [0, 0.1) is 13.8 Å². The maximum atomic E-state index is 12.5. The van der Waals surface area contributed by atoms with Gasteiger partial charge in [0.05, 0.1) is 54.2 Å². The topological polar surface area (TPSA) is 91.8 Å². The highest BCUT2D eigenvalue weighted by atomic mass is 35.5. The van der Waals surface area contributed by atoms with Crippen LogP contribution in [0.4, 0.5) is 5.82 Å². The molecule has 0 aliphatic carbocycles. The number of carbonyl (C=O) groups excluding carboxylic acids is 1. The van der Waals surface area contributed by atoms with Crippen molar-refractivity contribution in [1.82, 2.24) is 29.8 Å². The molecule has 238 valence electrons. The second kappa shape index (κ2) is 13.0. The first-order valence-electron chi connectivity index (χ1n) is 15.7. The van der Waals surface area contributed by atoms with Gasteiger partial charge in [0.25, 0.3) is 0 Å². The number of aromatic amines is 1. The summed E-state index contributed by atoms with van der Waals surface area (Å²) in [6.45, 7) is 15.6. The van der Waals surface area contributed by atoms with Crippen LogP contribution in [-0.4, -0.2) is 106 Å². The Hall–Kier alpha value is -2.63. The number of halogens is 2. The number of carbonyl (C=O) groups is 1. The van der Waals surface area contributed by atoms with E-state index in [1.807, 2.05) is 18.0 Å². The molecule has 0 radical (unpaired) electrons.